The summed E-state index contributed by atoms with van der Waals surface area (Å²) >= 11 is 0. The van der Waals surface area contributed by atoms with Crippen LogP contribution in [0.5, 0.6) is 0 Å². The van der Waals surface area contributed by atoms with E-state index >= 15 is 0 Å². The molecule has 0 aliphatic rings. The van der Waals surface area contributed by atoms with Crippen molar-refractivity contribution < 1.29 is 13.2 Å². The second-order valence-corrected chi connectivity index (χ2v) is 6.73. The Morgan fingerprint density at radius 1 is 1.62 bits per heavy atom. The Hall–Kier alpha value is -2.14. The van der Waals surface area contributed by atoms with Crippen LogP contribution in [0.4, 0.5) is 4.79 Å². The molecule has 1 aromatic rings. The number of aromatic nitrogens is 3. The van der Waals surface area contributed by atoms with Gasteiger partial charge in [0.05, 0.1) is 12.3 Å². The average molecular weight is 310 g/mol. The zero-order chi connectivity index (χ0) is 16.0. The van der Waals surface area contributed by atoms with Crippen molar-refractivity contribution in [2.45, 2.75) is 19.0 Å². The molecule has 1 heterocycles. The van der Waals surface area contributed by atoms with Crippen molar-refractivity contribution in [1.82, 2.24) is 19.7 Å². The van der Waals surface area contributed by atoms with Crippen LogP contribution in [0.15, 0.2) is 24.1 Å². The molecule has 0 aliphatic heterocycles. The number of amides is 1. The van der Waals surface area contributed by atoms with E-state index in [1.165, 1.54) is 11.0 Å². The van der Waals surface area contributed by atoms with Crippen molar-refractivity contribution >= 4 is 15.9 Å². The van der Waals surface area contributed by atoms with E-state index in [2.05, 4.69) is 22.6 Å². The van der Waals surface area contributed by atoms with Crippen LogP contribution in [-0.2, 0) is 9.84 Å². The van der Waals surface area contributed by atoms with Crippen LogP contribution in [0.2, 0.25) is 0 Å². The second kappa shape index (κ2) is 7.04. The zero-order valence-electron chi connectivity index (χ0n) is 12.1. The SMILES string of the molecule is C#CCN(CC=C)C(=O)n1cnc(S(=O)(=O)CC(C)C)n1. The van der Waals surface area contributed by atoms with Crippen LogP contribution in [0.3, 0.4) is 0 Å². The highest BCUT2D eigenvalue weighted by atomic mass is 32.2. The lowest BCUT2D eigenvalue weighted by Crippen LogP contribution is -2.35. The predicted molar refractivity (Wildman–Crippen MR) is 78.3 cm³/mol. The van der Waals surface area contributed by atoms with Crippen LogP contribution in [-0.4, -0.2) is 53.0 Å². The van der Waals surface area contributed by atoms with Gasteiger partial charge in [-0.1, -0.05) is 25.8 Å². The summed E-state index contributed by atoms with van der Waals surface area (Å²) in [6.45, 7) is 7.39. The third kappa shape index (κ3) is 4.43. The van der Waals surface area contributed by atoms with Gasteiger partial charge in [0.2, 0.25) is 9.84 Å². The van der Waals surface area contributed by atoms with Crippen molar-refractivity contribution in [3.8, 4) is 12.3 Å². The van der Waals surface area contributed by atoms with Crippen molar-refractivity contribution in [3.63, 3.8) is 0 Å². The second-order valence-electron chi connectivity index (χ2n) is 4.80. The Balaban J connectivity index is 3.00. The molecule has 0 saturated heterocycles. The van der Waals surface area contributed by atoms with Gasteiger partial charge >= 0.3 is 6.03 Å². The van der Waals surface area contributed by atoms with Gasteiger partial charge in [0.1, 0.15) is 6.33 Å². The molecule has 8 heteroatoms. The maximum absolute atomic E-state index is 12.1. The van der Waals surface area contributed by atoms with Crippen molar-refractivity contribution in [2.75, 3.05) is 18.8 Å². The third-order valence-corrected chi connectivity index (χ3v) is 4.25. The fourth-order valence-corrected chi connectivity index (χ4v) is 3.06. The summed E-state index contributed by atoms with van der Waals surface area (Å²) in [6.07, 6.45) is 7.77. The summed E-state index contributed by atoms with van der Waals surface area (Å²) in [4.78, 5) is 17.1. The zero-order valence-corrected chi connectivity index (χ0v) is 12.9. The minimum atomic E-state index is -3.60. The first-order chi connectivity index (χ1) is 9.81. The van der Waals surface area contributed by atoms with Crippen LogP contribution in [0, 0.1) is 18.3 Å². The summed E-state index contributed by atoms with van der Waals surface area (Å²) in [6, 6.07) is -0.550. The van der Waals surface area contributed by atoms with Crippen molar-refractivity contribution in [1.29, 1.82) is 0 Å². The number of terminal acetylenes is 1. The Labute approximate surface area is 124 Å². The summed E-state index contributed by atoms with van der Waals surface area (Å²) in [7, 11) is -3.60. The highest BCUT2D eigenvalue weighted by molar-refractivity contribution is 7.91. The molecule has 0 fully saturated rings. The summed E-state index contributed by atoms with van der Waals surface area (Å²) in [5, 5.41) is 3.39. The average Bonchev–Trinajstić information content (AvgIpc) is 2.86. The highest BCUT2D eigenvalue weighted by Crippen LogP contribution is 2.09. The minimum absolute atomic E-state index is 0.0589. The monoisotopic (exact) mass is 310 g/mol. The molecule has 0 unspecified atom stereocenters. The number of hydrogen-bond donors (Lipinski definition) is 0. The number of nitrogens with zero attached hydrogens (tertiary/aromatic N) is 4. The maximum Gasteiger partial charge on any atom is 0.347 e. The molecule has 0 aliphatic carbocycles. The quantitative estimate of drug-likeness (QED) is 0.573. The summed E-state index contributed by atoms with van der Waals surface area (Å²) in [5.74, 6) is 2.21. The third-order valence-electron chi connectivity index (χ3n) is 2.40. The fourth-order valence-electron chi connectivity index (χ4n) is 1.62. The molecule has 1 aromatic heterocycles. The van der Waals surface area contributed by atoms with E-state index in [1.807, 2.05) is 0 Å². The van der Waals surface area contributed by atoms with E-state index in [4.69, 9.17) is 6.42 Å². The van der Waals surface area contributed by atoms with E-state index in [0.29, 0.717) is 0 Å². The first kappa shape index (κ1) is 16.9. The molecular weight excluding hydrogens is 292 g/mol. The molecule has 0 saturated carbocycles. The Morgan fingerprint density at radius 3 is 2.81 bits per heavy atom. The predicted octanol–water partition coefficient (Wildman–Crippen LogP) is 0.797. The largest absolute Gasteiger partial charge is 0.347 e. The van der Waals surface area contributed by atoms with E-state index in [9.17, 15) is 13.2 Å². The molecule has 1 rings (SSSR count). The molecular formula is C13H18N4O3S. The van der Waals surface area contributed by atoms with E-state index in [-0.39, 0.29) is 29.9 Å². The van der Waals surface area contributed by atoms with Crippen LogP contribution >= 0.6 is 0 Å². The van der Waals surface area contributed by atoms with Crippen molar-refractivity contribution in [2.24, 2.45) is 5.92 Å². The molecule has 1 amide bonds. The topological polar surface area (TPSA) is 85.2 Å². The molecule has 0 bridgehead atoms. The van der Waals surface area contributed by atoms with Gasteiger partial charge in [-0.05, 0) is 5.92 Å². The van der Waals surface area contributed by atoms with E-state index in [1.54, 1.807) is 13.8 Å². The lowest BCUT2D eigenvalue weighted by atomic mass is 10.3. The Kier molecular flexibility index (Phi) is 5.67. The van der Waals surface area contributed by atoms with E-state index < -0.39 is 15.9 Å². The number of carbonyl (C=O) groups is 1. The molecule has 0 spiro atoms. The Morgan fingerprint density at radius 2 is 2.29 bits per heavy atom. The Bertz CT molecular complexity index is 655. The van der Waals surface area contributed by atoms with Crippen LogP contribution in [0.25, 0.3) is 0 Å². The summed E-state index contributed by atoms with van der Waals surface area (Å²) < 4.78 is 24.8. The maximum atomic E-state index is 12.1. The van der Waals surface area contributed by atoms with E-state index in [0.717, 1.165) is 11.0 Å². The number of carbonyl (C=O) groups excluding carboxylic acids is 1. The van der Waals surface area contributed by atoms with Gasteiger partial charge in [0.25, 0.3) is 5.16 Å². The first-order valence-electron chi connectivity index (χ1n) is 6.30. The number of sulfone groups is 1. The molecule has 114 valence electrons. The van der Waals surface area contributed by atoms with Crippen LogP contribution in [0.1, 0.15) is 13.8 Å². The molecule has 0 N–H and O–H groups in total. The highest BCUT2D eigenvalue weighted by Gasteiger charge is 2.23. The van der Waals surface area contributed by atoms with Gasteiger partial charge in [-0.25, -0.2) is 18.2 Å². The number of rotatable bonds is 6. The lowest BCUT2D eigenvalue weighted by Gasteiger charge is -2.16. The summed E-state index contributed by atoms with van der Waals surface area (Å²) in [5.41, 5.74) is 0. The van der Waals surface area contributed by atoms with Crippen molar-refractivity contribution in [3.05, 3.63) is 19.0 Å². The van der Waals surface area contributed by atoms with Gasteiger partial charge in [0.15, 0.2) is 0 Å². The minimum Gasteiger partial charge on any atom is -0.308 e. The van der Waals surface area contributed by atoms with Gasteiger partial charge < -0.3 is 4.90 Å². The molecule has 0 aromatic carbocycles. The van der Waals surface area contributed by atoms with Gasteiger partial charge in [-0.2, -0.15) is 4.68 Å². The molecule has 0 atom stereocenters. The lowest BCUT2D eigenvalue weighted by molar-refractivity contribution is 0.207. The normalized spacial score (nSPS) is 11.1. The van der Waals surface area contributed by atoms with Gasteiger partial charge in [-0.15, -0.1) is 18.1 Å². The molecule has 21 heavy (non-hydrogen) atoms. The number of hydrogen-bond acceptors (Lipinski definition) is 5. The van der Waals surface area contributed by atoms with Crippen LogP contribution < -0.4 is 0 Å². The molecule has 0 radical (unpaired) electrons. The van der Waals surface area contributed by atoms with Gasteiger partial charge in [0, 0.05) is 6.54 Å². The molecule has 7 nitrogen and oxygen atoms in total. The fraction of sp³-hybridized carbons (Fsp3) is 0.462. The van der Waals surface area contributed by atoms with Gasteiger partial charge in [-0.3, -0.25) is 0 Å². The smallest absolute Gasteiger partial charge is 0.308 e. The standard InChI is InChI=1S/C13H18N4O3S/c1-5-7-16(8-6-2)13(18)17-10-14-12(15-17)21(19,20)9-11(3)4/h1,6,10-11H,2,7-9H2,3-4H3. The first-order valence-corrected chi connectivity index (χ1v) is 7.95.